The predicted molar refractivity (Wildman–Crippen MR) is 124 cm³/mol. The third kappa shape index (κ3) is 3.51. The fraction of sp³-hybridized carbons (Fsp3) is 0.200. The maximum Gasteiger partial charge on any atom is 0.0468 e. The molecule has 2 aromatic carbocycles. The van der Waals surface area contributed by atoms with Gasteiger partial charge in [-0.15, -0.1) is 17.0 Å². The van der Waals surface area contributed by atoms with E-state index in [0.717, 1.165) is 22.0 Å². The number of piperazine rings is 1. The highest BCUT2D eigenvalue weighted by Crippen LogP contribution is 2.31. The first-order valence-corrected chi connectivity index (χ1v) is 10.3. The summed E-state index contributed by atoms with van der Waals surface area (Å²) in [5.74, 6) is 0. The Labute approximate surface area is 184 Å². The van der Waals surface area contributed by atoms with Gasteiger partial charge in [0.25, 0.3) is 0 Å². The van der Waals surface area contributed by atoms with Crippen molar-refractivity contribution in [3.05, 3.63) is 68.9 Å². The molecular weight excluding hydrogens is 536 g/mol. The van der Waals surface area contributed by atoms with Gasteiger partial charge in [0.15, 0.2) is 0 Å². The summed E-state index contributed by atoms with van der Waals surface area (Å²) in [5, 5.41) is 10.0. The molecule has 1 saturated heterocycles. The molecule has 5 rings (SSSR count). The van der Waals surface area contributed by atoms with Crippen LogP contribution < -0.4 is 10.6 Å². The van der Waals surface area contributed by atoms with Gasteiger partial charge in [-0.2, -0.15) is 0 Å². The molecule has 0 aliphatic carbocycles. The number of halogens is 3. The highest BCUT2D eigenvalue weighted by atomic mass is 79.9. The Morgan fingerprint density at radius 2 is 1.15 bits per heavy atom. The van der Waals surface area contributed by atoms with Crippen molar-refractivity contribution in [3.63, 3.8) is 0 Å². The van der Waals surface area contributed by atoms with Crippen LogP contribution in [0.25, 0.3) is 21.8 Å². The van der Waals surface area contributed by atoms with Crippen LogP contribution in [0.5, 0.6) is 0 Å². The van der Waals surface area contributed by atoms with E-state index in [1.807, 2.05) is 0 Å². The van der Waals surface area contributed by atoms with Crippen molar-refractivity contribution in [3.8, 4) is 0 Å². The lowest BCUT2D eigenvalue weighted by molar-refractivity contribution is 0.359. The van der Waals surface area contributed by atoms with Gasteiger partial charge in [0.1, 0.15) is 0 Å². The molecule has 0 amide bonds. The number of H-pyrrole nitrogens is 2. The van der Waals surface area contributed by atoms with Gasteiger partial charge < -0.3 is 20.6 Å². The SMILES string of the molecule is Br.Brc1ccc2c([C@H]3CN[C@@H](c4c[nH]c5cc(Br)ccc45)CN3)c[nH]c2c1. The van der Waals surface area contributed by atoms with E-state index >= 15 is 0 Å². The Morgan fingerprint density at radius 1 is 0.704 bits per heavy atom. The van der Waals surface area contributed by atoms with Gasteiger partial charge in [0.05, 0.1) is 0 Å². The van der Waals surface area contributed by atoms with Gasteiger partial charge in [-0.1, -0.05) is 44.0 Å². The lowest BCUT2D eigenvalue weighted by Crippen LogP contribution is -2.44. The second kappa shape index (κ2) is 7.72. The van der Waals surface area contributed by atoms with Crippen LogP contribution in [0.15, 0.2) is 57.7 Å². The van der Waals surface area contributed by atoms with Gasteiger partial charge in [-0.05, 0) is 35.4 Å². The average molecular weight is 555 g/mol. The summed E-state index contributed by atoms with van der Waals surface area (Å²) in [6.07, 6.45) is 4.25. The number of nitrogens with one attached hydrogen (secondary N) is 4. The van der Waals surface area contributed by atoms with Crippen molar-refractivity contribution in [1.29, 1.82) is 0 Å². The van der Waals surface area contributed by atoms with Crippen LogP contribution >= 0.6 is 48.8 Å². The minimum absolute atomic E-state index is 0. The maximum atomic E-state index is 3.73. The maximum absolute atomic E-state index is 3.73. The molecule has 27 heavy (non-hydrogen) atoms. The summed E-state index contributed by atoms with van der Waals surface area (Å²) >= 11 is 7.08. The topological polar surface area (TPSA) is 55.6 Å². The second-order valence-corrected chi connectivity index (χ2v) is 8.62. The molecule has 1 fully saturated rings. The lowest BCUT2D eigenvalue weighted by atomic mass is 9.99. The molecule has 2 atom stereocenters. The fourth-order valence-corrected chi connectivity index (χ4v) is 4.64. The first kappa shape index (κ1) is 19.2. The molecule has 140 valence electrons. The largest absolute Gasteiger partial charge is 0.361 e. The summed E-state index contributed by atoms with van der Waals surface area (Å²) in [7, 11) is 0. The number of benzene rings is 2. The molecule has 4 aromatic rings. The minimum Gasteiger partial charge on any atom is -0.361 e. The van der Waals surface area contributed by atoms with Gasteiger partial charge in [0.2, 0.25) is 0 Å². The van der Waals surface area contributed by atoms with E-state index in [9.17, 15) is 0 Å². The molecule has 4 N–H and O–H groups in total. The quantitative estimate of drug-likeness (QED) is 0.256. The molecule has 1 aliphatic rings. The van der Waals surface area contributed by atoms with E-state index in [1.165, 1.54) is 32.9 Å². The van der Waals surface area contributed by atoms with E-state index in [-0.39, 0.29) is 17.0 Å². The number of hydrogen-bond acceptors (Lipinski definition) is 2. The van der Waals surface area contributed by atoms with Crippen molar-refractivity contribution in [2.24, 2.45) is 0 Å². The molecule has 0 bridgehead atoms. The lowest BCUT2D eigenvalue weighted by Gasteiger charge is -2.31. The summed E-state index contributed by atoms with van der Waals surface area (Å²) in [6.45, 7) is 1.80. The van der Waals surface area contributed by atoms with Crippen LogP contribution in [0.1, 0.15) is 23.2 Å². The van der Waals surface area contributed by atoms with Crippen molar-refractivity contribution in [2.45, 2.75) is 12.1 Å². The summed E-state index contributed by atoms with van der Waals surface area (Å²) in [5.41, 5.74) is 4.98. The number of aromatic amines is 2. The zero-order valence-electron chi connectivity index (χ0n) is 14.4. The average Bonchev–Trinajstić information content (AvgIpc) is 3.25. The normalized spacial score (nSPS) is 20.1. The summed E-state index contributed by atoms with van der Waals surface area (Å²) in [6, 6.07) is 13.4. The van der Waals surface area contributed by atoms with Gasteiger partial charge in [-0.3, -0.25) is 0 Å². The Balaban J connectivity index is 0.00000180. The van der Waals surface area contributed by atoms with Crippen LogP contribution in [0.2, 0.25) is 0 Å². The van der Waals surface area contributed by atoms with Gasteiger partial charge in [0, 0.05) is 68.3 Å². The molecule has 0 spiro atoms. The zero-order valence-corrected chi connectivity index (χ0v) is 19.2. The van der Waals surface area contributed by atoms with Crippen molar-refractivity contribution in [2.75, 3.05) is 13.1 Å². The molecule has 3 heterocycles. The molecule has 0 unspecified atom stereocenters. The van der Waals surface area contributed by atoms with E-state index in [1.54, 1.807) is 0 Å². The summed E-state index contributed by atoms with van der Waals surface area (Å²) in [4.78, 5) is 6.77. The third-order valence-electron chi connectivity index (χ3n) is 5.24. The summed E-state index contributed by atoms with van der Waals surface area (Å²) < 4.78 is 2.19. The molecule has 1 aliphatic heterocycles. The molecule has 7 heteroatoms. The molecule has 0 radical (unpaired) electrons. The van der Waals surface area contributed by atoms with Crippen LogP contribution in [0, 0.1) is 0 Å². The zero-order chi connectivity index (χ0) is 17.7. The Kier molecular flexibility index (Phi) is 5.49. The van der Waals surface area contributed by atoms with Crippen molar-refractivity contribution < 1.29 is 0 Å². The van der Waals surface area contributed by atoms with Crippen LogP contribution in [-0.2, 0) is 0 Å². The van der Waals surface area contributed by atoms with Crippen LogP contribution in [0.4, 0.5) is 0 Å². The van der Waals surface area contributed by atoms with E-state index < -0.39 is 0 Å². The number of rotatable bonds is 2. The van der Waals surface area contributed by atoms with Crippen LogP contribution in [0.3, 0.4) is 0 Å². The third-order valence-corrected chi connectivity index (χ3v) is 6.23. The van der Waals surface area contributed by atoms with Gasteiger partial charge >= 0.3 is 0 Å². The Hall–Kier alpha value is -1.12. The van der Waals surface area contributed by atoms with E-state index in [4.69, 9.17) is 0 Å². The van der Waals surface area contributed by atoms with Crippen molar-refractivity contribution >= 4 is 70.6 Å². The first-order valence-electron chi connectivity index (χ1n) is 8.69. The second-order valence-electron chi connectivity index (χ2n) is 6.79. The monoisotopic (exact) mass is 552 g/mol. The Morgan fingerprint density at radius 3 is 1.56 bits per heavy atom. The molecule has 2 aromatic heterocycles. The van der Waals surface area contributed by atoms with Crippen LogP contribution in [-0.4, -0.2) is 23.1 Å². The highest BCUT2D eigenvalue weighted by Gasteiger charge is 2.25. The molecule has 4 nitrogen and oxygen atoms in total. The van der Waals surface area contributed by atoms with Crippen molar-refractivity contribution in [1.82, 2.24) is 20.6 Å². The first-order chi connectivity index (χ1) is 12.7. The highest BCUT2D eigenvalue weighted by molar-refractivity contribution is 9.10. The van der Waals surface area contributed by atoms with E-state index in [2.05, 4.69) is 101 Å². The number of fused-ring (bicyclic) bond motifs is 2. The fourth-order valence-electron chi connectivity index (χ4n) is 3.92. The van der Waals surface area contributed by atoms with E-state index in [0.29, 0.717) is 12.1 Å². The Bertz CT molecular complexity index is 1010. The predicted octanol–water partition coefficient (Wildman–Crippen LogP) is 5.73. The number of aromatic nitrogens is 2. The minimum atomic E-state index is 0. The number of hydrogen-bond donors (Lipinski definition) is 4. The molecular formula is C20H19Br3N4. The van der Waals surface area contributed by atoms with Gasteiger partial charge in [-0.25, -0.2) is 0 Å². The molecule has 0 saturated carbocycles. The standard InChI is InChI=1S/C20H18Br2N4.BrH/c21-11-1-3-13-15(7-23-17(13)5-11)19-9-26-20(10-25-19)16-8-24-18-6-12(22)2-4-14(16)18;/h1-8,19-20,23-26H,9-10H2;1H/t19-,20-;/m1./s1. The smallest absolute Gasteiger partial charge is 0.0468 e.